The standard InChI is InChI=1S/C30H20BrN/c31-27-19-24(22-12-6-2-7-13-22)20-29-30(27)26-18-23(21-10-4-1-5-11-21)16-17-28(26)32(29)25-14-8-3-9-15-25/h1-20H. The van der Waals surface area contributed by atoms with Gasteiger partial charge in [0.2, 0.25) is 0 Å². The van der Waals surface area contributed by atoms with E-state index in [9.17, 15) is 0 Å². The molecule has 0 saturated carbocycles. The molecule has 0 saturated heterocycles. The molecule has 32 heavy (non-hydrogen) atoms. The Morgan fingerprint density at radius 3 is 1.72 bits per heavy atom. The number of aromatic nitrogens is 1. The van der Waals surface area contributed by atoms with Crippen LogP contribution in [0.15, 0.2) is 126 Å². The Balaban J connectivity index is 1.71. The summed E-state index contributed by atoms with van der Waals surface area (Å²) in [7, 11) is 0. The van der Waals surface area contributed by atoms with Gasteiger partial charge in [0.1, 0.15) is 0 Å². The van der Waals surface area contributed by atoms with Crippen LogP contribution in [0.5, 0.6) is 0 Å². The maximum Gasteiger partial charge on any atom is 0.0558 e. The minimum absolute atomic E-state index is 1.11. The lowest BCUT2D eigenvalue weighted by Crippen LogP contribution is -1.93. The molecule has 6 rings (SSSR count). The second-order valence-corrected chi connectivity index (χ2v) is 8.84. The molecule has 0 radical (unpaired) electrons. The number of hydrogen-bond acceptors (Lipinski definition) is 0. The van der Waals surface area contributed by atoms with Crippen molar-refractivity contribution in [1.29, 1.82) is 0 Å². The Morgan fingerprint density at radius 2 is 1.06 bits per heavy atom. The van der Waals surface area contributed by atoms with Crippen LogP contribution in [0, 0.1) is 0 Å². The van der Waals surface area contributed by atoms with Crippen LogP contribution < -0.4 is 0 Å². The molecule has 0 aliphatic heterocycles. The smallest absolute Gasteiger partial charge is 0.0558 e. The van der Waals surface area contributed by atoms with Crippen LogP contribution in [-0.4, -0.2) is 4.57 Å². The number of para-hydroxylation sites is 1. The SMILES string of the molecule is Brc1cc(-c2ccccc2)cc2c1c1cc(-c3ccccc3)ccc1n2-c1ccccc1. The lowest BCUT2D eigenvalue weighted by atomic mass is 10.0. The number of rotatable bonds is 3. The van der Waals surface area contributed by atoms with Crippen molar-refractivity contribution in [3.8, 4) is 27.9 Å². The largest absolute Gasteiger partial charge is 0.309 e. The lowest BCUT2D eigenvalue weighted by Gasteiger charge is -2.10. The molecule has 1 aromatic heterocycles. The maximum atomic E-state index is 3.92. The van der Waals surface area contributed by atoms with Crippen molar-refractivity contribution >= 4 is 37.7 Å². The highest BCUT2D eigenvalue weighted by molar-refractivity contribution is 9.10. The first-order chi connectivity index (χ1) is 15.8. The summed E-state index contributed by atoms with van der Waals surface area (Å²) in [5.74, 6) is 0. The zero-order valence-corrected chi connectivity index (χ0v) is 19.0. The van der Waals surface area contributed by atoms with E-state index in [1.165, 1.54) is 44.1 Å². The van der Waals surface area contributed by atoms with Crippen LogP contribution in [0.2, 0.25) is 0 Å². The van der Waals surface area contributed by atoms with Gasteiger partial charge in [0.05, 0.1) is 11.0 Å². The molecule has 0 fully saturated rings. The van der Waals surface area contributed by atoms with E-state index in [4.69, 9.17) is 0 Å². The highest BCUT2D eigenvalue weighted by Gasteiger charge is 2.17. The maximum absolute atomic E-state index is 3.92. The lowest BCUT2D eigenvalue weighted by molar-refractivity contribution is 1.18. The van der Waals surface area contributed by atoms with Gasteiger partial charge < -0.3 is 4.57 Å². The van der Waals surface area contributed by atoms with Gasteiger partial charge in [0.25, 0.3) is 0 Å². The summed E-state index contributed by atoms with van der Waals surface area (Å²) in [6, 6.07) is 43.1. The van der Waals surface area contributed by atoms with Crippen molar-refractivity contribution < 1.29 is 0 Å². The number of fused-ring (bicyclic) bond motifs is 3. The Morgan fingerprint density at radius 1 is 0.469 bits per heavy atom. The van der Waals surface area contributed by atoms with Gasteiger partial charge in [-0.3, -0.25) is 0 Å². The predicted molar refractivity (Wildman–Crippen MR) is 139 cm³/mol. The molecule has 0 bridgehead atoms. The molecule has 0 unspecified atom stereocenters. The van der Waals surface area contributed by atoms with Crippen molar-refractivity contribution in [2.75, 3.05) is 0 Å². The molecular formula is C30H20BrN. The fourth-order valence-corrected chi connectivity index (χ4v) is 5.22. The average Bonchev–Trinajstić information content (AvgIpc) is 3.19. The van der Waals surface area contributed by atoms with Crippen LogP contribution in [0.4, 0.5) is 0 Å². The highest BCUT2D eigenvalue weighted by Crippen LogP contribution is 2.40. The zero-order chi connectivity index (χ0) is 21.5. The molecule has 2 heteroatoms. The summed E-state index contributed by atoms with van der Waals surface area (Å²) >= 11 is 3.92. The van der Waals surface area contributed by atoms with Crippen molar-refractivity contribution in [1.82, 2.24) is 4.57 Å². The molecular weight excluding hydrogens is 454 g/mol. The van der Waals surface area contributed by atoms with Gasteiger partial charge in [-0.05, 0) is 58.7 Å². The van der Waals surface area contributed by atoms with Crippen molar-refractivity contribution in [3.63, 3.8) is 0 Å². The van der Waals surface area contributed by atoms with E-state index in [2.05, 4.69) is 142 Å². The zero-order valence-electron chi connectivity index (χ0n) is 17.4. The molecule has 6 aromatic rings. The summed E-state index contributed by atoms with van der Waals surface area (Å²) in [5, 5.41) is 2.48. The van der Waals surface area contributed by atoms with Crippen LogP contribution in [-0.2, 0) is 0 Å². The fraction of sp³-hybridized carbons (Fsp3) is 0. The van der Waals surface area contributed by atoms with Gasteiger partial charge in [-0.1, -0.05) is 101 Å². The van der Waals surface area contributed by atoms with Gasteiger partial charge in [-0.25, -0.2) is 0 Å². The number of hydrogen-bond donors (Lipinski definition) is 0. The van der Waals surface area contributed by atoms with Crippen LogP contribution >= 0.6 is 15.9 Å². The number of benzene rings is 5. The Hall–Kier alpha value is -3.62. The average molecular weight is 474 g/mol. The van der Waals surface area contributed by atoms with E-state index in [0.29, 0.717) is 0 Å². The second kappa shape index (κ2) is 7.81. The highest BCUT2D eigenvalue weighted by atomic mass is 79.9. The van der Waals surface area contributed by atoms with Gasteiger partial charge in [-0.2, -0.15) is 0 Å². The first-order valence-electron chi connectivity index (χ1n) is 10.7. The van der Waals surface area contributed by atoms with Gasteiger partial charge in [0.15, 0.2) is 0 Å². The number of nitrogens with zero attached hydrogens (tertiary/aromatic N) is 1. The molecule has 5 aromatic carbocycles. The Labute approximate surface area is 195 Å². The third-order valence-corrected chi connectivity index (χ3v) is 6.67. The fourth-order valence-electron chi connectivity index (χ4n) is 4.56. The van der Waals surface area contributed by atoms with Crippen LogP contribution in [0.25, 0.3) is 49.7 Å². The Kier molecular flexibility index (Phi) is 4.66. The van der Waals surface area contributed by atoms with Gasteiger partial charge >= 0.3 is 0 Å². The van der Waals surface area contributed by atoms with Crippen molar-refractivity contribution in [2.45, 2.75) is 0 Å². The van der Waals surface area contributed by atoms with Crippen LogP contribution in [0.1, 0.15) is 0 Å². The predicted octanol–water partition coefficient (Wildman–Crippen LogP) is 8.88. The van der Waals surface area contributed by atoms with E-state index >= 15 is 0 Å². The second-order valence-electron chi connectivity index (χ2n) is 7.99. The molecule has 1 nitrogen and oxygen atoms in total. The quantitative estimate of drug-likeness (QED) is 0.241. The first kappa shape index (κ1) is 19.1. The molecule has 0 atom stereocenters. The topological polar surface area (TPSA) is 4.93 Å². The van der Waals surface area contributed by atoms with E-state index in [1.54, 1.807) is 0 Å². The minimum Gasteiger partial charge on any atom is -0.309 e. The van der Waals surface area contributed by atoms with Crippen LogP contribution in [0.3, 0.4) is 0 Å². The summed E-state index contributed by atoms with van der Waals surface area (Å²) in [5.41, 5.74) is 8.44. The summed E-state index contributed by atoms with van der Waals surface area (Å²) < 4.78 is 3.48. The molecule has 0 N–H and O–H groups in total. The third kappa shape index (κ3) is 3.16. The Bertz CT molecular complexity index is 1550. The first-order valence-corrected chi connectivity index (χ1v) is 11.5. The van der Waals surface area contributed by atoms with Gasteiger partial charge in [-0.15, -0.1) is 0 Å². The van der Waals surface area contributed by atoms with E-state index in [-0.39, 0.29) is 0 Å². The summed E-state index contributed by atoms with van der Waals surface area (Å²) in [6.45, 7) is 0. The van der Waals surface area contributed by atoms with Crippen molar-refractivity contribution in [3.05, 3.63) is 126 Å². The molecule has 152 valence electrons. The minimum atomic E-state index is 1.11. The molecule has 0 spiro atoms. The molecule has 0 aliphatic carbocycles. The molecule has 0 amide bonds. The molecule has 1 heterocycles. The van der Waals surface area contributed by atoms with E-state index in [0.717, 1.165) is 10.2 Å². The summed E-state index contributed by atoms with van der Waals surface area (Å²) in [4.78, 5) is 0. The normalized spacial score (nSPS) is 11.3. The third-order valence-electron chi connectivity index (χ3n) is 6.05. The van der Waals surface area contributed by atoms with Crippen molar-refractivity contribution in [2.24, 2.45) is 0 Å². The van der Waals surface area contributed by atoms with E-state index < -0.39 is 0 Å². The van der Waals surface area contributed by atoms with E-state index in [1.807, 2.05) is 0 Å². The monoisotopic (exact) mass is 473 g/mol. The van der Waals surface area contributed by atoms with Gasteiger partial charge in [0, 0.05) is 20.9 Å². The molecule has 0 aliphatic rings. The number of halogens is 1. The summed E-state index contributed by atoms with van der Waals surface area (Å²) in [6.07, 6.45) is 0.